The van der Waals surface area contributed by atoms with Crippen molar-refractivity contribution in [3.8, 4) is 0 Å². The molecule has 1 saturated heterocycles. The van der Waals surface area contributed by atoms with E-state index in [4.69, 9.17) is 13.9 Å². The Morgan fingerprint density at radius 3 is 2.88 bits per heavy atom. The Bertz CT molecular complexity index is 849. The average Bonchev–Trinajstić information content (AvgIpc) is 3.06. The molecule has 0 bridgehead atoms. The molecular weight excluding hydrogens is 326 g/mol. The summed E-state index contributed by atoms with van der Waals surface area (Å²) in [6.45, 7) is 1.41. The summed E-state index contributed by atoms with van der Waals surface area (Å²) in [6, 6.07) is 5.75. The highest BCUT2D eigenvalue weighted by Gasteiger charge is 2.21. The standard InChI is InChI=1S/C17H17N3O5/c21-12-3-5-20(6-4-12)17-19-13-9-11(1-2-14(13)25-17)18-16(22)15-10-23-7-8-24-15/h1-2,7-10,12,21H,3-6H2,(H,18,22). The van der Waals surface area contributed by atoms with Crippen molar-refractivity contribution >= 4 is 28.7 Å². The molecule has 2 aromatic rings. The maximum absolute atomic E-state index is 12.1. The number of nitrogens with zero attached hydrogens (tertiary/aromatic N) is 2. The monoisotopic (exact) mass is 343 g/mol. The highest BCUT2D eigenvalue weighted by Crippen LogP contribution is 2.26. The van der Waals surface area contributed by atoms with Crippen LogP contribution < -0.4 is 10.2 Å². The number of hydrogen-bond donors (Lipinski definition) is 2. The van der Waals surface area contributed by atoms with Crippen LogP contribution in [0.3, 0.4) is 0 Å². The second-order valence-corrected chi connectivity index (χ2v) is 5.86. The lowest BCUT2D eigenvalue weighted by atomic mass is 10.1. The van der Waals surface area contributed by atoms with Crippen LogP contribution in [0.4, 0.5) is 11.7 Å². The highest BCUT2D eigenvalue weighted by atomic mass is 16.5. The van der Waals surface area contributed by atoms with Crippen molar-refractivity contribution in [2.24, 2.45) is 0 Å². The van der Waals surface area contributed by atoms with Gasteiger partial charge in [0.05, 0.1) is 6.10 Å². The molecule has 0 aliphatic carbocycles. The van der Waals surface area contributed by atoms with Gasteiger partial charge in [-0.3, -0.25) is 4.79 Å². The van der Waals surface area contributed by atoms with Gasteiger partial charge in [0.15, 0.2) is 5.58 Å². The first kappa shape index (κ1) is 15.5. The van der Waals surface area contributed by atoms with E-state index in [1.165, 1.54) is 18.8 Å². The first-order chi connectivity index (χ1) is 12.2. The van der Waals surface area contributed by atoms with E-state index in [9.17, 15) is 9.90 Å². The lowest BCUT2D eigenvalue weighted by molar-refractivity contribution is -0.115. The molecule has 130 valence electrons. The third-order valence-electron chi connectivity index (χ3n) is 4.10. The van der Waals surface area contributed by atoms with Gasteiger partial charge in [-0.05, 0) is 31.0 Å². The van der Waals surface area contributed by atoms with Crippen LogP contribution in [-0.2, 0) is 14.3 Å². The van der Waals surface area contributed by atoms with Crippen molar-refractivity contribution in [1.29, 1.82) is 0 Å². The zero-order chi connectivity index (χ0) is 17.2. The van der Waals surface area contributed by atoms with Gasteiger partial charge in [0, 0.05) is 18.8 Å². The molecule has 2 aliphatic rings. The molecule has 25 heavy (non-hydrogen) atoms. The van der Waals surface area contributed by atoms with E-state index in [-0.39, 0.29) is 11.9 Å². The van der Waals surface area contributed by atoms with Crippen molar-refractivity contribution in [1.82, 2.24) is 4.98 Å². The van der Waals surface area contributed by atoms with Crippen LogP contribution in [0.1, 0.15) is 12.8 Å². The summed E-state index contributed by atoms with van der Waals surface area (Å²) in [4.78, 5) is 18.6. The third kappa shape index (κ3) is 3.29. The Hall–Kier alpha value is -3.00. The number of nitrogens with one attached hydrogen (secondary N) is 1. The molecule has 1 fully saturated rings. The minimum Gasteiger partial charge on any atom is -0.465 e. The summed E-state index contributed by atoms with van der Waals surface area (Å²) in [5.41, 5.74) is 1.86. The lowest BCUT2D eigenvalue weighted by Crippen LogP contribution is -2.35. The summed E-state index contributed by atoms with van der Waals surface area (Å²) in [7, 11) is 0. The number of oxazole rings is 1. The number of rotatable bonds is 3. The number of hydrogen-bond acceptors (Lipinski definition) is 7. The van der Waals surface area contributed by atoms with Gasteiger partial charge in [-0.1, -0.05) is 0 Å². The Balaban J connectivity index is 1.50. The lowest BCUT2D eigenvalue weighted by Gasteiger charge is -2.27. The quantitative estimate of drug-likeness (QED) is 0.880. The van der Waals surface area contributed by atoms with Crippen LogP contribution >= 0.6 is 0 Å². The van der Waals surface area contributed by atoms with E-state index < -0.39 is 5.91 Å². The molecule has 1 aromatic heterocycles. The first-order valence-electron chi connectivity index (χ1n) is 8.01. The van der Waals surface area contributed by atoms with Crippen molar-refractivity contribution in [3.63, 3.8) is 0 Å². The number of benzene rings is 1. The van der Waals surface area contributed by atoms with Crippen molar-refractivity contribution in [3.05, 3.63) is 42.7 Å². The predicted molar refractivity (Wildman–Crippen MR) is 89.5 cm³/mol. The Kier molecular flexibility index (Phi) is 4.02. The second kappa shape index (κ2) is 6.48. The molecule has 8 nitrogen and oxygen atoms in total. The summed E-state index contributed by atoms with van der Waals surface area (Å²) in [5.74, 6) is -0.354. The van der Waals surface area contributed by atoms with E-state index in [0.717, 1.165) is 0 Å². The minimum atomic E-state index is -0.419. The third-order valence-corrected chi connectivity index (χ3v) is 4.10. The van der Waals surface area contributed by atoms with Crippen molar-refractivity contribution in [2.45, 2.75) is 18.9 Å². The molecule has 2 aliphatic heterocycles. The van der Waals surface area contributed by atoms with E-state index in [1.807, 2.05) is 4.90 Å². The number of carbonyl (C=O) groups is 1. The van der Waals surface area contributed by atoms with Crippen LogP contribution in [0.25, 0.3) is 11.1 Å². The number of fused-ring (bicyclic) bond motifs is 1. The Labute approximate surface area is 143 Å². The van der Waals surface area contributed by atoms with Crippen LogP contribution in [0, 0.1) is 0 Å². The largest absolute Gasteiger partial charge is 0.465 e. The van der Waals surface area contributed by atoms with Crippen LogP contribution in [0.15, 0.2) is 47.2 Å². The number of piperidine rings is 1. The number of anilines is 2. The average molecular weight is 343 g/mol. The van der Waals surface area contributed by atoms with E-state index >= 15 is 0 Å². The molecule has 0 atom stereocenters. The molecule has 2 N–H and O–H groups in total. The fourth-order valence-corrected chi connectivity index (χ4v) is 2.75. The molecule has 8 heteroatoms. The molecule has 4 rings (SSSR count). The molecule has 0 spiro atoms. The summed E-state index contributed by atoms with van der Waals surface area (Å²) < 4.78 is 15.8. The van der Waals surface area contributed by atoms with Gasteiger partial charge < -0.3 is 29.2 Å². The number of amides is 1. The maximum atomic E-state index is 12.1. The van der Waals surface area contributed by atoms with Gasteiger partial charge in [-0.2, -0.15) is 4.98 Å². The number of carbonyl (C=O) groups excluding carboxylic acids is 1. The molecular formula is C17H17N3O5. The fourth-order valence-electron chi connectivity index (χ4n) is 2.75. The molecule has 0 radical (unpaired) electrons. The topological polar surface area (TPSA) is 97.1 Å². The van der Waals surface area contributed by atoms with Crippen LogP contribution in [-0.4, -0.2) is 35.2 Å². The van der Waals surface area contributed by atoms with Gasteiger partial charge in [0.1, 0.15) is 24.3 Å². The molecule has 0 unspecified atom stereocenters. The molecule has 1 amide bonds. The number of aliphatic hydroxyl groups excluding tert-OH is 1. The smallest absolute Gasteiger partial charge is 0.298 e. The van der Waals surface area contributed by atoms with Gasteiger partial charge in [0.25, 0.3) is 11.9 Å². The Morgan fingerprint density at radius 1 is 1.28 bits per heavy atom. The number of aliphatic hydroxyl groups is 1. The van der Waals surface area contributed by atoms with E-state index in [2.05, 4.69) is 10.3 Å². The van der Waals surface area contributed by atoms with Gasteiger partial charge in [0.2, 0.25) is 5.76 Å². The first-order valence-corrected chi connectivity index (χ1v) is 8.01. The maximum Gasteiger partial charge on any atom is 0.298 e. The van der Waals surface area contributed by atoms with Crippen LogP contribution in [0.2, 0.25) is 0 Å². The predicted octanol–water partition coefficient (Wildman–Crippen LogP) is 2.09. The normalized spacial score (nSPS) is 17.8. The number of aromatic nitrogens is 1. The SMILES string of the molecule is O=C(Nc1ccc2oc(N3CCC(O)CC3)nc2c1)C1=COC=CO1. The van der Waals surface area contributed by atoms with Crippen LogP contribution in [0.5, 0.6) is 0 Å². The zero-order valence-electron chi connectivity index (χ0n) is 13.3. The van der Waals surface area contributed by atoms with Crippen molar-refractivity contribution < 1.29 is 23.8 Å². The summed E-state index contributed by atoms with van der Waals surface area (Å²) in [5, 5.41) is 12.3. The summed E-state index contributed by atoms with van der Waals surface area (Å²) >= 11 is 0. The second-order valence-electron chi connectivity index (χ2n) is 5.86. The summed E-state index contributed by atoms with van der Waals surface area (Å²) in [6.07, 6.45) is 5.00. The minimum absolute atomic E-state index is 0.0651. The molecule has 0 saturated carbocycles. The van der Waals surface area contributed by atoms with E-state index in [0.29, 0.717) is 48.7 Å². The van der Waals surface area contributed by atoms with Crippen molar-refractivity contribution in [2.75, 3.05) is 23.3 Å². The molecule has 3 heterocycles. The number of ether oxygens (including phenoxy) is 2. The van der Waals surface area contributed by atoms with Gasteiger partial charge in [-0.15, -0.1) is 0 Å². The fraction of sp³-hybridized carbons (Fsp3) is 0.294. The highest BCUT2D eigenvalue weighted by molar-refractivity contribution is 6.03. The Morgan fingerprint density at radius 2 is 2.12 bits per heavy atom. The van der Waals surface area contributed by atoms with Gasteiger partial charge >= 0.3 is 0 Å². The molecule has 1 aromatic carbocycles. The van der Waals surface area contributed by atoms with Gasteiger partial charge in [-0.25, -0.2) is 0 Å². The zero-order valence-corrected chi connectivity index (χ0v) is 13.3. The van der Waals surface area contributed by atoms with E-state index in [1.54, 1.807) is 18.2 Å².